The Morgan fingerprint density at radius 3 is 2.64 bits per heavy atom. The van der Waals surface area contributed by atoms with Crippen molar-refractivity contribution in [3.63, 3.8) is 0 Å². The zero-order chi connectivity index (χ0) is 10.4. The number of hydrogen-bond acceptors (Lipinski definition) is 3. The number of benzene rings is 1. The monoisotopic (exact) mass is 211 g/mol. The molecule has 2 N–H and O–H groups in total. The maximum Gasteiger partial charge on any atom is 0.317 e. The van der Waals surface area contributed by atoms with E-state index in [1.165, 1.54) is 0 Å². The molecule has 0 bridgehead atoms. The summed E-state index contributed by atoms with van der Waals surface area (Å²) in [4.78, 5) is 10.4. The summed E-state index contributed by atoms with van der Waals surface area (Å²) in [5.74, 6) is -0.895. The van der Waals surface area contributed by atoms with E-state index in [9.17, 15) is 4.79 Å². The molecule has 1 aromatic rings. The van der Waals surface area contributed by atoms with Crippen LogP contribution in [0.4, 0.5) is 0 Å². The maximum atomic E-state index is 10.4. The van der Waals surface area contributed by atoms with Crippen LogP contribution in [0.2, 0.25) is 0 Å². The summed E-state index contributed by atoms with van der Waals surface area (Å²) in [5.41, 5.74) is 1.14. The Labute approximate surface area is 88.6 Å². The van der Waals surface area contributed by atoms with Gasteiger partial charge in [-0.2, -0.15) is 12.6 Å². The number of carboxylic acid groups (broad SMARTS) is 1. The molecule has 0 aromatic heterocycles. The first-order valence-electron chi connectivity index (χ1n) is 4.35. The van der Waals surface area contributed by atoms with E-state index in [0.29, 0.717) is 13.1 Å². The van der Waals surface area contributed by atoms with Crippen LogP contribution in [-0.2, 0) is 11.3 Å². The van der Waals surface area contributed by atoms with Gasteiger partial charge in [-0.25, -0.2) is 0 Å². The summed E-state index contributed by atoms with van der Waals surface area (Å²) >= 11 is 3.91. The molecule has 0 fully saturated rings. The summed E-state index contributed by atoms with van der Waals surface area (Å²) in [5, 5.41) is 10.9. The van der Waals surface area contributed by atoms with E-state index in [4.69, 9.17) is 5.11 Å². The number of rotatable bonds is 5. The molecule has 0 saturated heterocycles. The molecule has 0 amide bonds. The number of hydrogen-bond donors (Lipinski definition) is 3. The Hall–Kier alpha value is -1.00. The Kier molecular flexibility index (Phi) is 4.49. The van der Waals surface area contributed by atoms with Crippen LogP contribution in [0.5, 0.6) is 0 Å². The Balaban J connectivity index is 2.26. The topological polar surface area (TPSA) is 49.3 Å². The molecule has 1 rings (SSSR count). The second-order valence-electron chi connectivity index (χ2n) is 2.97. The fourth-order valence-corrected chi connectivity index (χ4v) is 1.17. The molecule has 1 atom stereocenters. The van der Waals surface area contributed by atoms with Crippen molar-refractivity contribution in [2.24, 2.45) is 0 Å². The van der Waals surface area contributed by atoms with Crippen molar-refractivity contribution in [2.45, 2.75) is 11.8 Å². The van der Waals surface area contributed by atoms with Crippen LogP contribution in [0.3, 0.4) is 0 Å². The summed E-state index contributed by atoms with van der Waals surface area (Å²) in [6.45, 7) is 1.04. The highest BCUT2D eigenvalue weighted by atomic mass is 32.1. The van der Waals surface area contributed by atoms with Crippen molar-refractivity contribution in [2.75, 3.05) is 6.54 Å². The van der Waals surface area contributed by atoms with E-state index in [1.54, 1.807) is 0 Å². The largest absolute Gasteiger partial charge is 0.480 e. The fourth-order valence-electron chi connectivity index (χ4n) is 1.04. The molecule has 0 aliphatic heterocycles. The average Bonchev–Trinajstić information content (AvgIpc) is 2.19. The molecule has 0 radical (unpaired) electrons. The normalized spacial score (nSPS) is 12.4. The van der Waals surface area contributed by atoms with E-state index in [-0.39, 0.29) is 0 Å². The van der Waals surface area contributed by atoms with Crippen molar-refractivity contribution in [3.05, 3.63) is 35.9 Å². The van der Waals surface area contributed by atoms with Crippen molar-refractivity contribution >= 4 is 18.6 Å². The zero-order valence-corrected chi connectivity index (χ0v) is 8.58. The van der Waals surface area contributed by atoms with Crippen molar-refractivity contribution in [3.8, 4) is 0 Å². The fraction of sp³-hybridized carbons (Fsp3) is 0.300. The molecular formula is C10H13NO2S. The lowest BCUT2D eigenvalue weighted by molar-refractivity contribution is -0.136. The Bertz CT molecular complexity index is 289. The minimum absolute atomic E-state index is 0.368. The van der Waals surface area contributed by atoms with Gasteiger partial charge in [0.15, 0.2) is 0 Å². The summed E-state index contributed by atoms with van der Waals surface area (Å²) in [6, 6.07) is 9.82. The smallest absolute Gasteiger partial charge is 0.317 e. The van der Waals surface area contributed by atoms with Gasteiger partial charge >= 0.3 is 5.97 Å². The highest BCUT2D eigenvalue weighted by Gasteiger charge is 2.10. The molecule has 0 spiro atoms. The van der Waals surface area contributed by atoms with Gasteiger partial charge in [-0.1, -0.05) is 30.3 Å². The van der Waals surface area contributed by atoms with Gasteiger partial charge in [0.05, 0.1) is 0 Å². The molecule has 14 heavy (non-hydrogen) atoms. The molecule has 0 saturated carbocycles. The highest BCUT2D eigenvalue weighted by molar-refractivity contribution is 7.81. The van der Waals surface area contributed by atoms with E-state index >= 15 is 0 Å². The number of thiol groups is 1. The summed E-state index contributed by atoms with van der Waals surface area (Å²) in [6.07, 6.45) is 0. The first kappa shape index (κ1) is 11.1. The number of aliphatic carboxylic acids is 1. The lowest BCUT2D eigenvalue weighted by atomic mass is 10.2. The maximum absolute atomic E-state index is 10.4. The van der Waals surface area contributed by atoms with Gasteiger partial charge in [0.2, 0.25) is 0 Å². The van der Waals surface area contributed by atoms with Gasteiger partial charge in [-0.3, -0.25) is 4.79 Å². The molecule has 1 aromatic carbocycles. The van der Waals surface area contributed by atoms with Crippen LogP contribution >= 0.6 is 12.6 Å². The second kappa shape index (κ2) is 5.67. The Morgan fingerprint density at radius 2 is 2.07 bits per heavy atom. The SMILES string of the molecule is O=C(O)[C@@H](S)CNCc1ccccc1. The lowest BCUT2D eigenvalue weighted by Gasteiger charge is -2.07. The van der Waals surface area contributed by atoms with Crippen LogP contribution in [0.15, 0.2) is 30.3 Å². The first-order valence-corrected chi connectivity index (χ1v) is 4.87. The predicted octanol–water partition coefficient (Wildman–Crippen LogP) is 1.16. The average molecular weight is 211 g/mol. The number of carboxylic acids is 1. The van der Waals surface area contributed by atoms with E-state index in [2.05, 4.69) is 17.9 Å². The van der Waals surface area contributed by atoms with E-state index in [0.717, 1.165) is 5.56 Å². The van der Waals surface area contributed by atoms with Crippen molar-refractivity contribution in [1.29, 1.82) is 0 Å². The van der Waals surface area contributed by atoms with Crippen molar-refractivity contribution < 1.29 is 9.90 Å². The molecule has 0 aliphatic rings. The molecule has 0 aliphatic carbocycles. The molecule has 0 heterocycles. The van der Waals surface area contributed by atoms with Gasteiger partial charge < -0.3 is 10.4 Å². The van der Waals surface area contributed by atoms with Crippen LogP contribution in [-0.4, -0.2) is 22.9 Å². The van der Waals surface area contributed by atoms with E-state index < -0.39 is 11.2 Å². The standard InChI is InChI=1S/C10H13NO2S/c12-10(13)9(14)7-11-6-8-4-2-1-3-5-8/h1-5,9,11,14H,6-7H2,(H,12,13)/t9-/m0/s1. The molecule has 3 nitrogen and oxygen atoms in total. The minimum atomic E-state index is -0.895. The molecule has 4 heteroatoms. The van der Waals surface area contributed by atoms with Gasteiger partial charge in [0.25, 0.3) is 0 Å². The second-order valence-corrected chi connectivity index (χ2v) is 3.59. The highest BCUT2D eigenvalue weighted by Crippen LogP contribution is 1.98. The third-order valence-corrected chi connectivity index (χ3v) is 2.20. The van der Waals surface area contributed by atoms with Gasteiger partial charge in [0, 0.05) is 13.1 Å². The summed E-state index contributed by atoms with van der Waals surface area (Å²) in [7, 11) is 0. The Morgan fingerprint density at radius 1 is 1.43 bits per heavy atom. The zero-order valence-electron chi connectivity index (χ0n) is 7.68. The van der Waals surface area contributed by atoms with Crippen LogP contribution in [0.1, 0.15) is 5.56 Å². The number of nitrogens with one attached hydrogen (secondary N) is 1. The van der Waals surface area contributed by atoms with Crippen molar-refractivity contribution in [1.82, 2.24) is 5.32 Å². The number of carbonyl (C=O) groups is 1. The van der Waals surface area contributed by atoms with Gasteiger partial charge in [0.1, 0.15) is 5.25 Å². The van der Waals surface area contributed by atoms with Gasteiger partial charge in [-0.15, -0.1) is 0 Å². The quantitative estimate of drug-likeness (QED) is 0.641. The molecular weight excluding hydrogens is 198 g/mol. The van der Waals surface area contributed by atoms with Crippen LogP contribution in [0, 0.1) is 0 Å². The third-order valence-electron chi connectivity index (χ3n) is 1.79. The minimum Gasteiger partial charge on any atom is -0.480 e. The van der Waals surface area contributed by atoms with E-state index in [1.807, 2.05) is 30.3 Å². The summed E-state index contributed by atoms with van der Waals surface area (Å²) < 4.78 is 0. The van der Waals surface area contributed by atoms with Gasteiger partial charge in [-0.05, 0) is 5.56 Å². The third kappa shape index (κ3) is 3.81. The van der Waals surface area contributed by atoms with Crippen LogP contribution < -0.4 is 5.32 Å². The predicted molar refractivity (Wildman–Crippen MR) is 58.6 cm³/mol. The molecule has 76 valence electrons. The first-order chi connectivity index (χ1) is 6.70. The van der Waals surface area contributed by atoms with Crippen LogP contribution in [0.25, 0.3) is 0 Å². The lowest BCUT2D eigenvalue weighted by Crippen LogP contribution is -2.28. The molecule has 0 unspecified atom stereocenters.